The van der Waals surface area contributed by atoms with Gasteiger partial charge in [-0.2, -0.15) is 0 Å². The van der Waals surface area contributed by atoms with E-state index in [-0.39, 0.29) is 12.6 Å². The molecule has 1 N–H and O–H groups in total. The molecule has 74 valence electrons. The van der Waals surface area contributed by atoms with Crippen LogP contribution in [0, 0.1) is 5.92 Å². The maximum absolute atomic E-state index is 8.87. The van der Waals surface area contributed by atoms with Gasteiger partial charge in [0.05, 0.1) is 12.6 Å². The molecule has 4 nitrogen and oxygen atoms in total. The molecule has 1 rings (SSSR count). The summed E-state index contributed by atoms with van der Waals surface area (Å²) in [7, 11) is 0. The van der Waals surface area contributed by atoms with Crippen LogP contribution in [0.3, 0.4) is 0 Å². The minimum Gasteiger partial charge on any atom is -0.396 e. The number of hydrogen-bond acceptors (Lipinski definition) is 2. The standard InChI is InChI=1S/C9H17N3O/c10-12-11-9(7-13)6-5-8-3-1-2-4-8/h8-9,13H,1-7H2. The number of hydrogen-bond donors (Lipinski definition) is 1. The van der Waals surface area contributed by atoms with Crippen LogP contribution in [-0.4, -0.2) is 17.8 Å². The van der Waals surface area contributed by atoms with Crippen molar-refractivity contribution in [3.05, 3.63) is 10.4 Å². The van der Waals surface area contributed by atoms with Crippen molar-refractivity contribution in [2.24, 2.45) is 11.0 Å². The van der Waals surface area contributed by atoms with E-state index in [9.17, 15) is 0 Å². The Balaban J connectivity index is 2.18. The summed E-state index contributed by atoms with van der Waals surface area (Å²) in [6.07, 6.45) is 7.25. The highest BCUT2D eigenvalue weighted by Crippen LogP contribution is 2.29. The van der Waals surface area contributed by atoms with Crippen molar-refractivity contribution in [1.29, 1.82) is 0 Å². The first-order valence-electron chi connectivity index (χ1n) is 5.02. The molecule has 0 saturated heterocycles. The summed E-state index contributed by atoms with van der Waals surface area (Å²) in [4.78, 5) is 2.72. The minimum absolute atomic E-state index is 0.0171. The van der Waals surface area contributed by atoms with Crippen LogP contribution in [0.1, 0.15) is 38.5 Å². The van der Waals surface area contributed by atoms with Crippen molar-refractivity contribution >= 4 is 0 Å². The highest BCUT2D eigenvalue weighted by atomic mass is 16.3. The summed E-state index contributed by atoms with van der Waals surface area (Å²) in [6, 6.07) is -0.203. The lowest BCUT2D eigenvalue weighted by Crippen LogP contribution is -2.10. The van der Waals surface area contributed by atoms with Crippen molar-refractivity contribution in [2.75, 3.05) is 6.61 Å². The van der Waals surface area contributed by atoms with Crippen LogP contribution in [0.2, 0.25) is 0 Å². The zero-order valence-corrected chi connectivity index (χ0v) is 7.89. The molecule has 0 aromatic heterocycles. The predicted molar refractivity (Wildman–Crippen MR) is 51.2 cm³/mol. The van der Waals surface area contributed by atoms with Crippen LogP contribution in [0.4, 0.5) is 0 Å². The Morgan fingerprint density at radius 3 is 2.69 bits per heavy atom. The normalized spacial score (nSPS) is 19.8. The SMILES string of the molecule is [N-]=[N+]=NC(CO)CCC1CCCC1. The third-order valence-electron chi connectivity index (χ3n) is 2.81. The molecule has 1 fully saturated rings. The number of rotatable bonds is 5. The van der Waals surface area contributed by atoms with Gasteiger partial charge in [-0.05, 0) is 24.3 Å². The first kappa shape index (κ1) is 10.4. The van der Waals surface area contributed by atoms with Crippen LogP contribution >= 0.6 is 0 Å². The topological polar surface area (TPSA) is 69.0 Å². The zero-order valence-electron chi connectivity index (χ0n) is 7.89. The Morgan fingerprint density at radius 1 is 1.46 bits per heavy atom. The molecule has 1 unspecified atom stereocenters. The van der Waals surface area contributed by atoms with Crippen LogP contribution in [0.15, 0.2) is 5.11 Å². The predicted octanol–water partition coefficient (Wildman–Crippen LogP) is 2.63. The molecule has 1 aliphatic carbocycles. The summed E-state index contributed by atoms with van der Waals surface area (Å²) in [5, 5.41) is 12.4. The van der Waals surface area contributed by atoms with Gasteiger partial charge in [-0.3, -0.25) is 0 Å². The van der Waals surface area contributed by atoms with E-state index >= 15 is 0 Å². The molecule has 0 bridgehead atoms. The molecular weight excluding hydrogens is 166 g/mol. The van der Waals surface area contributed by atoms with Crippen LogP contribution < -0.4 is 0 Å². The van der Waals surface area contributed by atoms with Gasteiger partial charge in [-0.15, -0.1) is 0 Å². The van der Waals surface area contributed by atoms with Gasteiger partial charge in [0.1, 0.15) is 0 Å². The highest BCUT2D eigenvalue weighted by Gasteiger charge is 2.16. The maximum atomic E-state index is 8.87. The zero-order chi connectivity index (χ0) is 9.52. The van der Waals surface area contributed by atoms with Crippen LogP contribution in [0.5, 0.6) is 0 Å². The fourth-order valence-electron chi connectivity index (χ4n) is 1.99. The van der Waals surface area contributed by atoms with Gasteiger partial charge in [0, 0.05) is 4.91 Å². The lowest BCUT2D eigenvalue weighted by atomic mass is 9.99. The average molecular weight is 183 g/mol. The molecule has 0 aromatic rings. The molecule has 0 spiro atoms. The van der Waals surface area contributed by atoms with Crippen LogP contribution in [-0.2, 0) is 0 Å². The molecule has 0 amide bonds. The van der Waals surface area contributed by atoms with E-state index < -0.39 is 0 Å². The van der Waals surface area contributed by atoms with Crippen molar-refractivity contribution in [3.63, 3.8) is 0 Å². The summed E-state index contributed by atoms with van der Waals surface area (Å²) < 4.78 is 0. The molecule has 1 aliphatic rings. The summed E-state index contributed by atoms with van der Waals surface area (Å²) in [6.45, 7) is -0.0171. The van der Waals surface area contributed by atoms with Crippen molar-refractivity contribution < 1.29 is 5.11 Å². The molecule has 0 aromatic carbocycles. The second-order valence-electron chi connectivity index (χ2n) is 3.77. The molecule has 0 radical (unpaired) electrons. The molecule has 0 aliphatic heterocycles. The summed E-state index contributed by atoms with van der Waals surface area (Å²) in [5.74, 6) is 0.808. The van der Waals surface area contributed by atoms with Gasteiger partial charge in [0.25, 0.3) is 0 Å². The smallest absolute Gasteiger partial charge is 0.0605 e. The average Bonchev–Trinajstić information content (AvgIpc) is 2.64. The molecule has 13 heavy (non-hydrogen) atoms. The Hall–Kier alpha value is -0.730. The van der Waals surface area contributed by atoms with Gasteiger partial charge >= 0.3 is 0 Å². The Labute approximate surface area is 78.6 Å². The van der Waals surface area contributed by atoms with Gasteiger partial charge < -0.3 is 5.11 Å². The number of nitrogens with zero attached hydrogens (tertiary/aromatic N) is 3. The minimum atomic E-state index is -0.203. The van der Waals surface area contributed by atoms with Gasteiger partial charge in [-0.25, -0.2) is 0 Å². The Kier molecular flexibility index (Phi) is 4.65. The fourth-order valence-corrected chi connectivity index (χ4v) is 1.99. The van der Waals surface area contributed by atoms with Gasteiger partial charge in [0.15, 0.2) is 0 Å². The van der Waals surface area contributed by atoms with E-state index in [2.05, 4.69) is 10.0 Å². The first-order valence-corrected chi connectivity index (χ1v) is 5.02. The van der Waals surface area contributed by atoms with Crippen LogP contribution in [0.25, 0.3) is 10.4 Å². The van der Waals surface area contributed by atoms with E-state index in [0.29, 0.717) is 0 Å². The second kappa shape index (κ2) is 5.84. The van der Waals surface area contributed by atoms with Crippen molar-refractivity contribution in [1.82, 2.24) is 0 Å². The highest BCUT2D eigenvalue weighted by molar-refractivity contribution is 4.72. The second-order valence-corrected chi connectivity index (χ2v) is 3.77. The Bertz CT molecular complexity index is 183. The van der Waals surface area contributed by atoms with E-state index in [1.54, 1.807) is 0 Å². The molecular formula is C9H17N3O. The number of aliphatic hydroxyl groups excluding tert-OH is 1. The maximum Gasteiger partial charge on any atom is 0.0605 e. The number of aliphatic hydroxyl groups is 1. The van der Waals surface area contributed by atoms with E-state index in [0.717, 1.165) is 18.8 Å². The van der Waals surface area contributed by atoms with Gasteiger partial charge in [0.2, 0.25) is 0 Å². The van der Waals surface area contributed by atoms with E-state index in [1.165, 1.54) is 25.7 Å². The van der Waals surface area contributed by atoms with Crippen molar-refractivity contribution in [3.8, 4) is 0 Å². The van der Waals surface area contributed by atoms with E-state index in [4.69, 9.17) is 10.6 Å². The monoisotopic (exact) mass is 183 g/mol. The number of azide groups is 1. The third-order valence-corrected chi connectivity index (χ3v) is 2.81. The largest absolute Gasteiger partial charge is 0.396 e. The summed E-state index contributed by atoms with van der Waals surface area (Å²) in [5.41, 5.74) is 8.21. The fraction of sp³-hybridized carbons (Fsp3) is 1.00. The Morgan fingerprint density at radius 2 is 2.15 bits per heavy atom. The lowest BCUT2D eigenvalue weighted by molar-refractivity contribution is 0.252. The molecule has 1 atom stereocenters. The van der Waals surface area contributed by atoms with E-state index in [1.807, 2.05) is 0 Å². The molecule has 4 heteroatoms. The van der Waals surface area contributed by atoms with Crippen molar-refractivity contribution in [2.45, 2.75) is 44.6 Å². The first-order chi connectivity index (χ1) is 6.36. The quantitative estimate of drug-likeness (QED) is 0.397. The summed E-state index contributed by atoms with van der Waals surface area (Å²) >= 11 is 0. The third kappa shape index (κ3) is 3.66. The lowest BCUT2D eigenvalue weighted by Gasteiger charge is -2.11. The molecule has 0 heterocycles. The molecule has 1 saturated carbocycles. The van der Waals surface area contributed by atoms with Gasteiger partial charge in [-0.1, -0.05) is 30.8 Å².